The van der Waals surface area contributed by atoms with Crippen LogP contribution in [-0.2, 0) is 4.79 Å². The molecule has 10 nitrogen and oxygen atoms in total. The number of rotatable bonds is 6. The second kappa shape index (κ2) is 10.2. The lowest BCUT2D eigenvalue weighted by Gasteiger charge is -2.39. The number of amides is 1. The number of halogens is 1. The van der Waals surface area contributed by atoms with E-state index in [0.717, 1.165) is 0 Å². The van der Waals surface area contributed by atoms with Crippen molar-refractivity contribution < 1.29 is 23.8 Å². The molecule has 1 aliphatic heterocycles. The molecule has 1 atom stereocenters. The van der Waals surface area contributed by atoms with Crippen molar-refractivity contribution >= 4 is 23.3 Å². The molecular weight excluding hydrogens is 486 g/mol. The second-order valence-electron chi connectivity index (χ2n) is 8.05. The highest BCUT2D eigenvalue weighted by Gasteiger charge is 2.42. The SMILES string of the molecule is COc1cc(OC)c(C2C(C#N)=C(N)N(NC(=O)c3cccnc3Cl)C3=C2C(=O)CCC3)cc1OC. The van der Waals surface area contributed by atoms with Crippen LogP contribution in [0.5, 0.6) is 17.2 Å². The molecule has 0 radical (unpaired) electrons. The van der Waals surface area contributed by atoms with Gasteiger partial charge in [0.05, 0.1) is 44.5 Å². The third-order valence-electron chi connectivity index (χ3n) is 6.18. The first kappa shape index (κ1) is 24.9. The number of aromatic nitrogens is 1. The van der Waals surface area contributed by atoms with E-state index in [9.17, 15) is 14.9 Å². The van der Waals surface area contributed by atoms with Crippen molar-refractivity contribution in [3.05, 3.63) is 69.4 Å². The predicted octanol–water partition coefficient (Wildman–Crippen LogP) is 3.21. The van der Waals surface area contributed by atoms with E-state index < -0.39 is 11.8 Å². The molecule has 186 valence electrons. The number of nitrogens with two attached hydrogens (primary N) is 1. The molecule has 4 rings (SSSR count). The van der Waals surface area contributed by atoms with Crippen molar-refractivity contribution in [2.24, 2.45) is 5.73 Å². The van der Waals surface area contributed by atoms with Gasteiger partial charge in [-0.05, 0) is 31.0 Å². The third-order valence-corrected chi connectivity index (χ3v) is 6.48. The number of nitriles is 1. The minimum atomic E-state index is -0.831. The zero-order valence-electron chi connectivity index (χ0n) is 19.9. The number of Topliss-reactive ketones (excluding diaryl/α,β-unsaturated/α-hetero) is 1. The molecule has 2 aliphatic rings. The number of hydrazine groups is 1. The van der Waals surface area contributed by atoms with Gasteiger partial charge >= 0.3 is 0 Å². The minimum absolute atomic E-state index is 0.0110. The van der Waals surface area contributed by atoms with Gasteiger partial charge in [0, 0.05) is 35.5 Å². The summed E-state index contributed by atoms with van der Waals surface area (Å²) in [4.78, 5) is 30.3. The number of ether oxygens (including phenoxy) is 3. The summed E-state index contributed by atoms with van der Waals surface area (Å²) in [6.07, 6.45) is 2.76. The van der Waals surface area contributed by atoms with E-state index in [-0.39, 0.29) is 27.9 Å². The van der Waals surface area contributed by atoms with Gasteiger partial charge in [0.2, 0.25) is 0 Å². The molecule has 11 heteroatoms. The normalized spacial score (nSPS) is 17.4. The van der Waals surface area contributed by atoms with Gasteiger partial charge in [-0.15, -0.1) is 0 Å². The molecule has 1 aromatic heterocycles. The number of ketones is 1. The first-order valence-electron chi connectivity index (χ1n) is 11.0. The Morgan fingerprint density at radius 1 is 1.19 bits per heavy atom. The summed E-state index contributed by atoms with van der Waals surface area (Å²) in [5.41, 5.74) is 10.7. The van der Waals surface area contributed by atoms with Gasteiger partial charge in [-0.3, -0.25) is 15.0 Å². The molecule has 0 saturated heterocycles. The van der Waals surface area contributed by atoms with Crippen molar-refractivity contribution in [3.8, 4) is 23.3 Å². The van der Waals surface area contributed by atoms with Crippen LogP contribution in [0.2, 0.25) is 5.15 Å². The molecule has 1 aromatic carbocycles. The van der Waals surface area contributed by atoms with Crippen LogP contribution >= 0.6 is 11.6 Å². The number of pyridine rings is 1. The smallest absolute Gasteiger partial charge is 0.273 e. The molecule has 3 N–H and O–H groups in total. The van der Waals surface area contributed by atoms with Crippen LogP contribution < -0.4 is 25.4 Å². The molecule has 1 amide bonds. The topological polar surface area (TPSA) is 140 Å². The molecular formula is C25H24ClN5O5. The molecule has 0 saturated carbocycles. The molecule has 0 spiro atoms. The van der Waals surface area contributed by atoms with Crippen LogP contribution in [0.3, 0.4) is 0 Å². The Morgan fingerprint density at radius 2 is 1.89 bits per heavy atom. The molecule has 0 bridgehead atoms. The maximum Gasteiger partial charge on any atom is 0.273 e. The fourth-order valence-corrected chi connectivity index (χ4v) is 4.73. The van der Waals surface area contributed by atoms with Crippen molar-refractivity contribution in [3.63, 3.8) is 0 Å². The summed E-state index contributed by atoms with van der Waals surface area (Å²) >= 11 is 6.09. The van der Waals surface area contributed by atoms with Crippen LogP contribution in [0.25, 0.3) is 0 Å². The highest BCUT2D eigenvalue weighted by molar-refractivity contribution is 6.32. The zero-order valence-corrected chi connectivity index (χ0v) is 20.7. The number of nitrogens with zero attached hydrogens (tertiary/aromatic N) is 3. The molecule has 2 aromatic rings. The Balaban J connectivity index is 1.89. The summed E-state index contributed by atoms with van der Waals surface area (Å²) < 4.78 is 16.4. The summed E-state index contributed by atoms with van der Waals surface area (Å²) in [5.74, 6) is -0.364. The van der Waals surface area contributed by atoms with Crippen LogP contribution in [0.15, 0.2) is 53.1 Å². The Hall–Kier alpha value is -4.23. The fraction of sp³-hybridized carbons (Fsp3) is 0.280. The zero-order chi connectivity index (χ0) is 26.0. The van der Waals surface area contributed by atoms with E-state index in [2.05, 4.69) is 16.5 Å². The van der Waals surface area contributed by atoms with Crippen molar-refractivity contribution in [1.82, 2.24) is 15.4 Å². The standard InChI is InChI=1S/C25H24ClN5O5/c1-34-18-11-20(36-3)19(35-2)10-14(18)21-15(12-27)24(28)31(16-7-4-8-17(32)22(16)21)30-25(33)13-6-5-9-29-23(13)26/h5-6,9-11,21H,4,7-8,28H2,1-3H3,(H,30,33). The number of methoxy groups -OCH3 is 3. The van der Waals surface area contributed by atoms with Crippen LogP contribution in [0.4, 0.5) is 0 Å². The average molecular weight is 510 g/mol. The van der Waals surface area contributed by atoms with Gasteiger partial charge in [-0.1, -0.05) is 11.6 Å². The Morgan fingerprint density at radius 3 is 2.53 bits per heavy atom. The molecule has 2 heterocycles. The van der Waals surface area contributed by atoms with E-state index in [0.29, 0.717) is 53.3 Å². The Bertz CT molecular complexity index is 1350. The van der Waals surface area contributed by atoms with Crippen LogP contribution in [0.1, 0.15) is 41.1 Å². The maximum atomic E-state index is 13.3. The van der Waals surface area contributed by atoms with Gasteiger partial charge in [0.15, 0.2) is 17.3 Å². The van der Waals surface area contributed by atoms with Gasteiger partial charge in [0.1, 0.15) is 16.7 Å². The largest absolute Gasteiger partial charge is 0.496 e. The molecule has 1 unspecified atom stereocenters. The number of benzene rings is 1. The van der Waals surface area contributed by atoms with Crippen molar-refractivity contribution in [1.29, 1.82) is 5.26 Å². The van der Waals surface area contributed by atoms with Gasteiger partial charge < -0.3 is 19.9 Å². The fourth-order valence-electron chi connectivity index (χ4n) is 4.52. The van der Waals surface area contributed by atoms with Crippen molar-refractivity contribution in [2.75, 3.05) is 21.3 Å². The van der Waals surface area contributed by atoms with E-state index in [4.69, 9.17) is 31.5 Å². The van der Waals surface area contributed by atoms with E-state index >= 15 is 0 Å². The number of allylic oxidation sites excluding steroid dienone is 3. The van der Waals surface area contributed by atoms with Crippen LogP contribution in [-0.4, -0.2) is 43.0 Å². The first-order chi connectivity index (χ1) is 17.4. The average Bonchev–Trinajstić information content (AvgIpc) is 2.89. The number of hydrogen-bond acceptors (Lipinski definition) is 9. The molecule has 0 fully saturated rings. The van der Waals surface area contributed by atoms with Gasteiger partial charge in [0.25, 0.3) is 5.91 Å². The second-order valence-corrected chi connectivity index (χ2v) is 8.41. The highest BCUT2D eigenvalue weighted by Crippen LogP contribution is 2.49. The lowest BCUT2D eigenvalue weighted by Crippen LogP contribution is -2.48. The molecule has 1 aliphatic carbocycles. The maximum absolute atomic E-state index is 13.3. The third kappa shape index (κ3) is 4.18. The van der Waals surface area contributed by atoms with E-state index in [1.807, 2.05) is 0 Å². The highest BCUT2D eigenvalue weighted by atomic mass is 35.5. The van der Waals surface area contributed by atoms with Gasteiger partial charge in [-0.2, -0.15) is 5.26 Å². The number of carbonyl (C=O) groups is 2. The summed E-state index contributed by atoms with van der Waals surface area (Å²) in [5, 5.41) is 11.5. The van der Waals surface area contributed by atoms with Crippen LogP contribution in [0, 0.1) is 11.3 Å². The quantitative estimate of drug-likeness (QED) is 0.561. The lowest BCUT2D eigenvalue weighted by atomic mass is 9.75. The van der Waals surface area contributed by atoms with E-state index in [1.54, 1.807) is 18.2 Å². The van der Waals surface area contributed by atoms with Crippen molar-refractivity contribution in [2.45, 2.75) is 25.2 Å². The number of hydrogen-bond donors (Lipinski definition) is 2. The minimum Gasteiger partial charge on any atom is -0.496 e. The summed E-state index contributed by atoms with van der Waals surface area (Å²) in [6.45, 7) is 0. The monoisotopic (exact) mass is 509 g/mol. The number of carbonyl (C=O) groups excluding carboxylic acids is 2. The van der Waals surface area contributed by atoms with E-state index in [1.165, 1.54) is 38.6 Å². The summed E-state index contributed by atoms with van der Waals surface area (Å²) in [7, 11) is 4.47. The number of nitrogens with one attached hydrogen (secondary N) is 1. The van der Waals surface area contributed by atoms with Gasteiger partial charge in [-0.25, -0.2) is 9.99 Å². The molecule has 36 heavy (non-hydrogen) atoms. The first-order valence-corrected chi connectivity index (χ1v) is 11.4. The Labute approximate surface area is 212 Å². The predicted molar refractivity (Wildman–Crippen MR) is 130 cm³/mol. The lowest BCUT2D eigenvalue weighted by molar-refractivity contribution is -0.116. The Kier molecular flexibility index (Phi) is 7.03. The summed E-state index contributed by atoms with van der Waals surface area (Å²) in [6, 6.07) is 8.52.